The second kappa shape index (κ2) is 6.42. The molecule has 3 nitrogen and oxygen atoms in total. The van der Waals surface area contributed by atoms with Gasteiger partial charge < -0.3 is 14.5 Å². The highest BCUT2D eigenvalue weighted by Gasteiger charge is 2.23. The monoisotopic (exact) mass is 281 g/mol. The molecule has 0 spiro atoms. The fraction of sp³-hybridized carbons (Fsp3) is 0.467. The van der Waals surface area contributed by atoms with E-state index in [1.54, 1.807) is 0 Å². The first-order valence-corrected chi connectivity index (χ1v) is 7.08. The Hall–Kier alpha value is -1.03. The summed E-state index contributed by atoms with van der Waals surface area (Å²) in [5, 5.41) is 5.07. The van der Waals surface area contributed by atoms with Gasteiger partial charge in [-0.05, 0) is 32.5 Å². The molecule has 104 valence electrons. The first-order chi connectivity index (χ1) is 9.17. The number of ether oxygens (including phenoxy) is 1. The Morgan fingerprint density at radius 3 is 2.79 bits per heavy atom. The number of hydrogen-bond acceptors (Lipinski definition) is 3. The molecule has 1 aromatic carbocycles. The summed E-state index contributed by atoms with van der Waals surface area (Å²) in [4.78, 5) is 0. The van der Waals surface area contributed by atoms with Crippen molar-refractivity contribution in [3.05, 3.63) is 35.0 Å². The van der Waals surface area contributed by atoms with Gasteiger partial charge in [-0.1, -0.05) is 30.7 Å². The molecule has 4 heteroatoms. The molecule has 0 aliphatic carbocycles. The Kier molecular flexibility index (Phi) is 4.86. The predicted octanol–water partition coefficient (Wildman–Crippen LogP) is 4.16. The third-order valence-electron chi connectivity index (χ3n) is 3.14. The highest BCUT2D eigenvalue weighted by molar-refractivity contribution is 6.34. The van der Waals surface area contributed by atoms with E-state index in [0.29, 0.717) is 11.6 Å². The SMILES string of the molecule is CCNC(c1cc2cccc(Cl)c2o1)C(C)OCC. The van der Waals surface area contributed by atoms with Crippen molar-refractivity contribution in [3.63, 3.8) is 0 Å². The molecule has 1 N–H and O–H groups in total. The van der Waals surface area contributed by atoms with Crippen LogP contribution in [0.25, 0.3) is 11.0 Å². The van der Waals surface area contributed by atoms with Crippen LogP contribution in [0, 0.1) is 0 Å². The number of hydrogen-bond donors (Lipinski definition) is 1. The van der Waals surface area contributed by atoms with E-state index < -0.39 is 0 Å². The highest BCUT2D eigenvalue weighted by Crippen LogP contribution is 2.31. The lowest BCUT2D eigenvalue weighted by atomic mass is 10.1. The number of nitrogens with one attached hydrogen (secondary N) is 1. The van der Waals surface area contributed by atoms with E-state index in [1.807, 2.05) is 38.1 Å². The van der Waals surface area contributed by atoms with Gasteiger partial charge in [0.05, 0.1) is 17.2 Å². The number of fused-ring (bicyclic) bond motifs is 1. The number of para-hydroxylation sites is 1. The van der Waals surface area contributed by atoms with Crippen LogP contribution in [0.4, 0.5) is 0 Å². The summed E-state index contributed by atoms with van der Waals surface area (Å²) in [6.07, 6.45) is 0.0456. The molecule has 1 aromatic heterocycles. The smallest absolute Gasteiger partial charge is 0.152 e. The number of benzene rings is 1. The normalized spacial score (nSPS) is 14.7. The van der Waals surface area contributed by atoms with Crippen molar-refractivity contribution in [2.24, 2.45) is 0 Å². The second-order valence-electron chi connectivity index (χ2n) is 4.50. The summed E-state index contributed by atoms with van der Waals surface area (Å²) in [7, 11) is 0. The van der Waals surface area contributed by atoms with Crippen LogP contribution in [0.5, 0.6) is 0 Å². The zero-order valence-corrected chi connectivity index (χ0v) is 12.3. The fourth-order valence-electron chi connectivity index (χ4n) is 2.28. The van der Waals surface area contributed by atoms with Gasteiger partial charge in [-0.3, -0.25) is 0 Å². The van der Waals surface area contributed by atoms with Crippen LogP contribution in [0.15, 0.2) is 28.7 Å². The average molecular weight is 282 g/mol. The molecular weight excluding hydrogens is 262 g/mol. The van der Waals surface area contributed by atoms with E-state index in [-0.39, 0.29) is 12.1 Å². The van der Waals surface area contributed by atoms with Crippen LogP contribution in [0.3, 0.4) is 0 Å². The molecule has 2 unspecified atom stereocenters. The van der Waals surface area contributed by atoms with Crippen molar-refractivity contribution in [1.82, 2.24) is 5.32 Å². The van der Waals surface area contributed by atoms with Crippen molar-refractivity contribution >= 4 is 22.6 Å². The lowest BCUT2D eigenvalue weighted by molar-refractivity contribution is 0.0423. The third-order valence-corrected chi connectivity index (χ3v) is 3.44. The molecular formula is C15H20ClNO2. The summed E-state index contributed by atoms with van der Waals surface area (Å²) in [5.74, 6) is 0.867. The standard InChI is InChI=1S/C15H20ClNO2/c1-4-17-14(10(3)18-5-2)13-9-11-7-6-8-12(16)15(11)19-13/h6-10,14,17H,4-5H2,1-3H3. The third kappa shape index (κ3) is 3.11. The van der Waals surface area contributed by atoms with Gasteiger partial charge in [0.25, 0.3) is 0 Å². The van der Waals surface area contributed by atoms with E-state index in [2.05, 4.69) is 12.2 Å². The van der Waals surface area contributed by atoms with Crippen molar-refractivity contribution in [3.8, 4) is 0 Å². The van der Waals surface area contributed by atoms with Crippen molar-refractivity contribution in [2.45, 2.75) is 32.9 Å². The molecule has 19 heavy (non-hydrogen) atoms. The minimum atomic E-state index is 0.0356. The van der Waals surface area contributed by atoms with Gasteiger partial charge in [0.15, 0.2) is 5.58 Å². The van der Waals surface area contributed by atoms with Crippen LogP contribution in [-0.4, -0.2) is 19.3 Å². The minimum Gasteiger partial charge on any atom is -0.458 e. The zero-order valence-electron chi connectivity index (χ0n) is 11.6. The summed E-state index contributed by atoms with van der Waals surface area (Å²) in [5.41, 5.74) is 0.741. The lowest BCUT2D eigenvalue weighted by Crippen LogP contribution is -2.31. The molecule has 0 aliphatic heterocycles. The van der Waals surface area contributed by atoms with Gasteiger partial charge in [0.1, 0.15) is 5.76 Å². The Morgan fingerprint density at radius 1 is 1.37 bits per heavy atom. The van der Waals surface area contributed by atoms with Gasteiger partial charge in [-0.15, -0.1) is 0 Å². The van der Waals surface area contributed by atoms with Crippen LogP contribution in [-0.2, 0) is 4.74 Å². The Bertz CT molecular complexity index is 538. The summed E-state index contributed by atoms with van der Waals surface area (Å²) in [6, 6.07) is 7.84. The van der Waals surface area contributed by atoms with Crippen molar-refractivity contribution in [2.75, 3.05) is 13.2 Å². The average Bonchev–Trinajstić information content (AvgIpc) is 2.81. The molecule has 0 amide bonds. The molecule has 0 bridgehead atoms. The van der Waals surface area contributed by atoms with Gasteiger partial charge >= 0.3 is 0 Å². The Balaban J connectivity index is 2.36. The fourth-order valence-corrected chi connectivity index (χ4v) is 2.50. The maximum Gasteiger partial charge on any atom is 0.152 e. The summed E-state index contributed by atoms with van der Waals surface area (Å²) >= 11 is 6.15. The minimum absolute atomic E-state index is 0.0356. The molecule has 0 saturated carbocycles. The highest BCUT2D eigenvalue weighted by atomic mass is 35.5. The molecule has 2 rings (SSSR count). The van der Waals surface area contributed by atoms with Crippen LogP contribution in [0.1, 0.15) is 32.6 Å². The largest absolute Gasteiger partial charge is 0.458 e. The molecule has 0 radical (unpaired) electrons. The van der Waals surface area contributed by atoms with Gasteiger partial charge in [-0.25, -0.2) is 0 Å². The topological polar surface area (TPSA) is 34.4 Å². The molecule has 2 aromatic rings. The second-order valence-corrected chi connectivity index (χ2v) is 4.91. The Labute approximate surface area is 118 Å². The quantitative estimate of drug-likeness (QED) is 0.863. The maximum absolute atomic E-state index is 6.15. The van der Waals surface area contributed by atoms with Crippen molar-refractivity contribution in [1.29, 1.82) is 0 Å². The molecule has 0 fully saturated rings. The molecule has 0 aliphatic rings. The number of rotatable bonds is 6. The maximum atomic E-state index is 6.15. The first-order valence-electron chi connectivity index (χ1n) is 6.70. The van der Waals surface area contributed by atoms with E-state index >= 15 is 0 Å². The van der Waals surface area contributed by atoms with E-state index in [4.69, 9.17) is 20.8 Å². The summed E-state index contributed by atoms with van der Waals surface area (Å²) < 4.78 is 11.6. The number of furan rings is 1. The molecule has 2 atom stereocenters. The van der Waals surface area contributed by atoms with Gasteiger partial charge in [-0.2, -0.15) is 0 Å². The van der Waals surface area contributed by atoms with Crippen LogP contribution in [0.2, 0.25) is 5.02 Å². The predicted molar refractivity (Wildman–Crippen MR) is 78.7 cm³/mol. The van der Waals surface area contributed by atoms with Gasteiger partial charge in [0, 0.05) is 12.0 Å². The Morgan fingerprint density at radius 2 is 2.16 bits per heavy atom. The molecule has 0 saturated heterocycles. The van der Waals surface area contributed by atoms with E-state index in [9.17, 15) is 0 Å². The van der Waals surface area contributed by atoms with Gasteiger partial charge in [0.2, 0.25) is 0 Å². The number of halogens is 1. The van der Waals surface area contributed by atoms with E-state index in [0.717, 1.165) is 23.3 Å². The first kappa shape index (κ1) is 14.4. The van der Waals surface area contributed by atoms with Crippen LogP contribution < -0.4 is 5.32 Å². The van der Waals surface area contributed by atoms with Crippen LogP contribution >= 0.6 is 11.6 Å². The lowest BCUT2D eigenvalue weighted by Gasteiger charge is -2.22. The zero-order chi connectivity index (χ0) is 13.8. The van der Waals surface area contributed by atoms with E-state index in [1.165, 1.54) is 0 Å². The molecule has 1 heterocycles. The number of likely N-dealkylation sites (N-methyl/N-ethyl adjacent to an activating group) is 1. The summed E-state index contributed by atoms with van der Waals surface area (Å²) in [6.45, 7) is 7.65. The van der Waals surface area contributed by atoms with Crippen molar-refractivity contribution < 1.29 is 9.15 Å².